The number of amides is 1. The number of H-pyrrole nitrogens is 1. The average molecular weight is 242 g/mol. The van der Waals surface area contributed by atoms with E-state index < -0.39 is 6.29 Å². The number of hydrogen-bond donors (Lipinski definition) is 2. The van der Waals surface area contributed by atoms with Crippen molar-refractivity contribution in [1.29, 1.82) is 0 Å². The number of ether oxygens (including phenoxy) is 2. The lowest BCUT2D eigenvalue weighted by atomic mass is 10.3. The molecule has 0 radical (unpaired) electrons. The summed E-state index contributed by atoms with van der Waals surface area (Å²) in [7, 11) is 3.03. The van der Waals surface area contributed by atoms with E-state index in [1.54, 1.807) is 6.92 Å². The SMILES string of the molecule is CCc1nc(C(=O)NC(C)C(OC)OC)n[nH]1. The molecule has 0 saturated carbocycles. The lowest BCUT2D eigenvalue weighted by Crippen LogP contribution is -2.43. The van der Waals surface area contributed by atoms with Gasteiger partial charge in [0.1, 0.15) is 5.82 Å². The normalized spacial score (nSPS) is 12.8. The minimum absolute atomic E-state index is 0.125. The fourth-order valence-corrected chi connectivity index (χ4v) is 1.40. The average Bonchev–Trinajstić information content (AvgIpc) is 2.79. The monoisotopic (exact) mass is 242 g/mol. The highest BCUT2D eigenvalue weighted by atomic mass is 16.7. The van der Waals surface area contributed by atoms with E-state index in [4.69, 9.17) is 9.47 Å². The van der Waals surface area contributed by atoms with Crippen molar-refractivity contribution in [1.82, 2.24) is 20.5 Å². The molecule has 0 aromatic carbocycles. The lowest BCUT2D eigenvalue weighted by Gasteiger charge is -2.21. The van der Waals surface area contributed by atoms with Crippen LogP contribution in [0.2, 0.25) is 0 Å². The number of rotatable bonds is 6. The Morgan fingerprint density at radius 3 is 2.59 bits per heavy atom. The molecule has 2 N–H and O–H groups in total. The highest BCUT2D eigenvalue weighted by Crippen LogP contribution is 2.00. The number of nitrogens with zero attached hydrogens (tertiary/aromatic N) is 2. The summed E-state index contributed by atoms with van der Waals surface area (Å²) in [4.78, 5) is 15.8. The van der Waals surface area contributed by atoms with Gasteiger partial charge in [-0.2, -0.15) is 0 Å². The fourth-order valence-electron chi connectivity index (χ4n) is 1.40. The quantitative estimate of drug-likeness (QED) is 0.691. The van der Waals surface area contributed by atoms with Crippen LogP contribution in [0.3, 0.4) is 0 Å². The van der Waals surface area contributed by atoms with Gasteiger partial charge in [-0.25, -0.2) is 4.98 Å². The zero-order valence-electron chi connectivity index (χ0n) is 10.5. The molecular formula is C10H18N4O3. The molecule has 0 saturated heterocycles. The maximum Gasteiger partial charge on any atom is 0.291 e. The van der Waals surface area contributed by atoms with Crippen molar-refractivity contribution < 1.29 is 14.3 Å². The standard InChI is InChI=1S/C10H18N4O3/c1-5-7-12-8(14-13-7)9(15)11-6(2)10(16-3)17-4/h6,10H,5H2,1-4H3,(H,11,15)(H,12,13,14). The van der Waals surface area contributed by atoms with Gasteiger partial charge >= 0.3 is 0 Å². The number of aromatic amines is 1. The first kappa shape index (κ1) is 13.6. The Morgan fingerprint density at radius 2 is 2.12 bits per heavy atom. The number of methoxy groups -OCH3 is 2. The van der Waals surface area contributed by atoms with E-state index in [1.165, 1.54) is 14.2 Å². The van der Waals surface area contributed by atoms with E-state index >= 15 is 0 Å². The molecule has 17 heavy (non-hydrogen) atoms. The van der Waals surface area contributed by atoms with Crippen LogP contribution in [0.4, 0.5) is 0 Å². The van der Waals surface area contributed by atoms with Crippen LogP contribution in [0.25, 0.3) is 0 Å². The summed E-state index contributed by atoms with van der Waals surface area (Å²) in [6.45, 7) is 3.71. The van der Waals surface area contributed by atoms with Gasteiger partial charge in [0.05, 0.1) is 6.04 Å². The summed E-state index contributed by atoms with van der Waals surface area (Å²) in [5, 5.41) is 9.21. The highest BCUT2D eigenvalue weighted by molar-refractivity contribution is 5.90. The molecule has 96 valence electrons. The number of aromatic nitrogens is 3. The molecule has 0 spiro atoms. The third kappa shape index (κ3) is 3.50. The third-order valence-electron chi connectivity index (χ3n) is 2.30. The van der Waals surface area contributed by atoms with Crippen molar-refractivity contribution in [3.05, 3.63) is 11.6 Å². The summed E-state index contributed by atoms with van der Waals surface area (Å²) in [5.41, 5.74) is 0. The topological polar surface area (TPSA) is 89.1 Å². The molecule has 1 atom stereocenters. The molecule has 1 heterocycles. The van der Waals surface area contributed by atoms with Crippen LogP contribution >= 0.6 is 0 Å². The Hall–Kier alpha value is -1.47. The van der Waals surface area contributed by atoms with Crippen LogP contribution in [0.1, 0.15) is 30.3 Å². The number of hydrogen-bond acceptors (Lipinski definition) is 5. The molecule has 0 fully saturated rings. The molecule has 0 aliphatic carbocycles. The Labute approximate surface area is 99.9 Å². The predicted octanol–water partition coefficient (Wildman–Crippen LogP) is 0.104. The molecule has 1 aromatic rings. The van der Waals surface area contributed by atoms with Gasteiger partial charge in [-0.15, -0.1) is 5.10 Å². The van der Waals surface area contributed by atoms with E-state index in [1.807, 2.05) is 6.92 Å². The van der Waals surface area contributed by atoms with Crippen LogP contribution in [-0.2, 0) is 15.9 Å². The van der Waals surface area contributed by atoms with E-state index in [0.29, 0.717) is 12.2 Å². The Morgan fingerprint density at radius 1 is 1.47 bits per heavy atom. The van der Waals surface area contributed by atoms with Gasteiger partial charge in [-0.1, -0.05) is 6.92 Å². The Bertz CT molecular complexity index is 362. The van der Waals surface area contributed by atoms with Gasteiger partial charge in [0.15, 0.2) is 6.29 Å². The molecule has 1 amide bonds. The maximum atomic E-state index is 11.8. The number of aryl methyl sites for hydroxylation is 1. The first-order valence-electron chi connectivity index (χ1n) is 5.40. The van der Waals surface area contributed by atoms with Gasteiger partial charge in [0.2, 0.25) is 5.82 Å². The van der Waals surface area contributed by atoms with Gasteiger partial charge in [-0.3, -0.25) is 9.89 Å². The summed E-state index contributed by atoms with van der Waals surface area (Å²) < 4.78 is 10.1. The summed E-state index contributed by atoms with van der Waals surface area (Å²) in [6.07, 6.45) is 0.206. The summed E-state index contributed by atoms with van der Waals surface area (Å²) >= 11 is 0. The minimum atomic E-state index is -0.497. The molecule has 0 bridgehead atoms. The van der Waals surface area contributed by atoms with Crippen LogP contribution in [0.15, 0.2) is 0 Å². The first-order valence-corrected chi connectivity index (χ1v) is 5.40. The van der Waals surface area contributed by atoms with Gasteiger partial charge in [-0.05, 0) is 6.92 Å². The van der Waals surface area contributed by atoms with Gasteiger partial charge in [0.25, 0.3) is 5.91 Å². The smallest absolute Gasteiger partial charge is 0.291 e. The third-order valence-corrected chi connectivity index (χ3v) is 2.30. The summed E-state index contributed by atoms with van der Waals surface area (Å²) in [6, 6.07) is -0.291. The van der Waals surface area contributed by atoms with E-state index in [9.17, 15) is 4.79 Å². The largest absolute Gasteiger partial charge is 0.354 e. The number of nitrogens with one attached hydrogen (secondary N) is 2. The zero-order valence-corrected chi connectivity index (χ0v) is 10.5. The molecule has 1 rings (SSSR count). The second-order valence-electron chi connectivity index (χ2n) is 3.56. The predicted molar refractivity (Wildman–Crippen MR) is 60.5 cm³/mol. The number of carbonyl (C=O) groups excluding carboxylic acids is 1. The Balaban J connectivity index is 2.59. The van der Waals surface area contributed by atoms with Crippen molar-refractivity contribution in [3.63, 3.8) is 0 Å². The molecule has 1 unspecified atom stereocenters. The second-order valence-corrected chi connectivity index (χ2v) is 3.56. The van der Waals surface area contributed by atoms with Crippen LogP contribution in [0, 0.1) is 0 Å². The van der Waals surface area contributed by atoms with Crippen molar-refractivity contribution in [2.45, 2.75) is 32.6 Å². The molecule has 1 aromatic heterocycles. The lowest BCUT2D eigenvalue weighted by molar-refractivity contribution is -0.117. The zero-order chi connectivity index (χ0) is 12.8. The summed E-state index contributed by atoms with van der Waals surface area (Å²) in [5.74, 6) is 0.449. The minimum Gasteiger partial charge on any atom is -0.354 e. The molecule has 7 nitrogen and oxygen atoms in total. The van der Waals surface area contributed by atoms with Crippen LogP contribution in [-0.4, -0.2) is 47.6 Å². The number of carbonyl (C=O) groups is 1. The Kier molecular flexibility index (Phi) is 5.05. The van der Waals surface area contributed by atoms with Crippen molar-refractivity contribution in [2.24, 2.45) is 0 Å². The van der Waals surface area contributed by atoms with E-state index in [-0.39, 0.29) is 17.8 Å². The van der Waals surface area contributed by atoms with E-state index in [2.05, 4.69) is 20.5 Å². The molecular weight excluding hydrogens is 224 g/mol. The van der Waals surface area contributed by atoms with Gasteiger partial charge in [0, 0.05) is 20.6 Å². The molecule has 0 aliphatic rings. The fraction of sp³-hybridized carbons (Fsp3) is 0.700. The van der Waals surface area contributed by atoms with Gasteiger partial charge < -0.3 is 14.8 Å². The van der Waals surface area contributed by atoms with Crippen LogP contribution < -0.4 is 5.32 Å². The first-order chi connectivity index (χ1) is 8.12. The molecule has 0 aliphatic heterocycles. The van der Waals surface area contributed by atoms with Crippen molar-refractivity contribution in [3.8, 4) is 0 Å². The highest BCUT2D eigenvalue weighted by Gasteiger charge is 2.20. The van der Waals surface area contributed by atoms with E-state index in [0.717, 1.165) is 0 Å². The van der Waals surface area contributed by atoms with Crippen molar-refractivity contribution >= 4 is 5.91 Å². The van der Waals surface area contributed by atoms with Crippen LogP contribution in [0.5, 0.6) is 0 Å². The molecule has 7 heteroatoms. The second kappa shape index (κ2) is 6.31. The maximum absolute atomic E-state index is 11.8. The van der Waals surface area contributed by atoms with Crippen molar-refractivity contribution in [2.75, 3.05) is 14.2 Å².